The number of Topliss-reactive ketones (excluding diaryl/α,β-unsaturated/α-hetero) is 1. The van der Waals surface area contributed by atoms with Crippen LogP contribution in [-0.2, 0) is 29.3 Å². The van der Waals surface area contributed by atoms with Crippen LogP contribution < -0.4 is 16.0 Å². The molecule has 3 aromatic heterocycles. The highest BCUT2D eigenvalue weighted by molar-refractivity contribution is 7.17. The maximum absolute atomic E-state index is 14.3. The topological polar surface area (TPSA) is 179 Å². The van der Waals surface area contributed by atoms with Gasteiger partial charge in [-0.05, 0) is 36.2 Å². The van der Waals surface area contributed by atoms with Crippen LogP contribution in [0.25, 0.3) is 27.1 Å². The zero-order valence-corrected chi connectivity index (χ0v) is 25.8. The van der Waals surface area contributed by atoms with Crippen molar-refractivity contribution in [3.8, 4) is 0 Å². The molecule has 0 spiro atoms. The summed E-state index contributed by atoms with van der Waals surface area (Å²) in [5.41, 5.74) is -0.479. The highest BCUT2D eigenvalue weighted by atomic mass is 32.1. The van der Waals surface area contributed by atoms with Crippen LogP contribution >= 0.6 is 11.3 Å². The predicted octanol–water partition coefficient (Wildman–Crippen LogP) is 3.80. The van der Waals surface area contributed by atoms with E-state index < -0.39 is 41.4 Å². The summed E-state index contributed by atoms with van der Waals surface area (Å²) in [5, 5.41) is 22.0. The number of aliphatic carboxylic acids is 1. The molecule has 4 N–H and O–H groups in total. The first-order valence-electron chi connectivity index (χ1n) is 15.3. The van der Waals surface area contributed by atoms with Crippen molar-refractivity contribution in [3.05, 3.63) is 53.6 Å². The smallest absolute Gasteiger partial charge is 0.329 e. The first kappa shape index (κ1) is 30.1. The Labute approximate surface area is 267 Å². The van der Waals surface area contributed by atoms with Gasteiger partial charge < -0.3 is 24.6 Å². The summed E-state index contributed by atoms with van der Waals surface area (Å²) in [7, 11) is 0. The van der Waals surface area contributed by atoms with Crippen LogP contribution in [0.5, 0.6) is 0 Å². The molecule has 0 radical (unpaired) electrons. The van der Waals surface area contributed by atoms with E-state index in [2.05, 4.69) is 37.8 Å². The molecule has 46 heavy (non-hydrogen) atoms. The lowest BCUT2D eigenvalue weighted by Crippen LogP contribution is -2.54. The molecule has 4 atom stereocenters. The molecule has 6 heterocycles. The van der Waals surface area contributed by atoms with Gasteiger partial charge in [-0.3, -0.25) is 15.4 Å². The number of carbonyl (C=O) groups is 3. The van der Waals surface area contributed by atoms with Gasteiger partial charge in [0.15, 0.2) is 53.1 Å². The number of amides is 2. The molecule has 0 aliphatic carbocycles. The predicted molar refractivity (Wildman–Crippen MR) is 168 cm³/mol. The van der Waals surface area contributed by atoms with E-state index in [1.807, 2.05) is 29.6 Å². The van der Waals surface area contributed by atoms with Gasteiger partial charge in [0.1, 0.15) is 12.7 Å². The molecule has 2 fully saturated rings. The van der Waals surface area contributed by atoms with Crippen LogP contribution in [0.1, 0.15) is 44.6 Å². The monoisotopic (exact) mass is 647 g/mol. The molecule has 14 nitrogen and oxygen atoms in total. The molecule has 7 rings (SSSR count). The molecule has 4 unspecified atom stereocenters. The van der Waals surface area contributed by atoms with E-state index in [9.17, 15) is 19.5 Å². The molecule has 2 saturated heterocycles. The third-order valence-corrected chi connectivity index (χ3v) is 9.73. The second kappa shape index (κ2) is 12.3. The SMILES string of the molecule is CCCCCCNC(=O)Nc1ncnc2c1ncn2C1=C2OCOC2C(C(=O)C2CCNC2(C(=O)O)c2csc3ccccc23)O1. The molecule has 2 amide bonds. The fraction of sp³-hybridized carbons (Fsp3) is 0.419. The lowest BCUT2D eigenvalue weighted by Gasteiger charge is -2.32. The van der Waals surface area contributed by atoms with Crippen molar-refractivity contribution in [2.24, 2.45) is 5.92 Å². The minimum atomic E-state index is -1.64. The van der Waals surface area contributed by atoms with Crippen molar-refractivity contribution < 1.29 is 33.7 Å². The number of carboxylic acids is 1. The van der Waals surface area contributed by atoms with Gasteiger partial charge in [-0.2, -0.15) is 0 Å². The highest BCUT2D eigenvalue weighted by Gasteiger charge is 2.59. The summed E-state index contributed by atoms with van der Waals surface area (Å²) in [4.78, 5) is 52.9. The van der Waals surface area contributed by atoms with Crippen LogP contribution in [0.3, 0.4) is 0 Å². The fourth-order valence-electron chi connectivity index (χ4n) is 6.55. The van der Waals surface area contributed by atoms with Gasteiger partial charge >= 0.3 is 12.0 Å². The minimum Gasteiger partial charge on any atom is -0.480 e. The maximum atomic E-state index is 14.3. The molecule has 15 heteroatoms. The number of ether oxygens (including phenoxy) is 3. The average molecular weight is 648 g/mol. The van der Waals surface area contributed by atoms with Crippen molar-refractivity contribution in [1.82, 2.24) is 30.2 Å². The number of nitrogens with one attached hydrogen (secondary N) is 3. The second-order valence-corrected chi connectivity index (χ2v) is 12.3. The van der Waals surface area contributed by atoms with Gasteiger partial charge in [-0.15, -0.1) is 11.3 Å². The molecule has 4 aromatic rings. The van der Waals surface area contributed by atoms with Crippen molar-refractivity contribution in [3.63, 3.8) is 0 Å². The third-order valence-electron chi connectivity index (χ3n) is 8.77. The number of nitrogens with zero attached hydrogens (tertiary/aromatic N) is 4. The first-order valence-corrected chi connectivity index (χ1v) is 16.2. The molecule has 3 aliphatic heterocycles. The van der Waals surface area contributed by atoms with E-state index in [1.165, 1.54) is 28.6 Å². The quantitative estimate of drug-likeness (QED) is 0.174. The van der Waals surface area contributed by atoms with Crippen LogP contribution in [-0.4, -0.2) is 74.5 Å². The second-order valence-electron chi connectivity index (χ2n) is 11.4. The van der Waals surface area contributed by atoms with E-state index in [0.29, 0.717) is 36.2 Å². The van der Waals surface area contributed by atoms with Crippen LogP contribution in [0, 0.1) is 5.92 Å². The number of unbranched alkanes of at least 4 members (excludes halogenated alkanes) is 3. The number of aromatic nitrogens is 4. The first-order chi connectivity index (χ1) is 22.4. The average Bonchev–Trinajstić information content (AvgIpc) is 3.88. The zero-order chi connectivity index (χ0) is 31.8. The number of benzene rings is 1. The van der Waals surface area contributed by atoms with Gasteiger partial charge in [0.2, 0.25) is 5.88 Å². The number of rotatable bonds is 11. The number of fused-ring (bicyclic) bond motifs is 3. The number of carbonyl (C=O) groups excluding carboxylic acids is 2. The van der Waals surface area contributed by atoms with Crippen molar-refractivity contribution >= 4 is 62.1 Å². The molecular weight excluding hydrogens is 614 g/mol. The fourth-order valence-corrected chi connectivity index (χ4v) is 7.57. The number of hydrogen-bond donors (Lipinski definition) is 4. The summed E-state index contributed by atoms with van der Waals surface area (Å²) in [6, 6.07) is 7.14. The van der Waals surface area contributed by atoms with E-state index in [0.717, 1.165) is 35.8 Å². The van der Waals surface area contributed by atoms with E-state index >= 15 is 0 Å². The zero-order valence-electron chi connectivity index (χ0n) is 25.0. The van der Waals surface area contributed by atoms with Gasteiger partial charge in [0, 0.05) is 16.8 Å². The van der Waals surface area contributed by atoms with Crippen LogP contribution in [0.15, 0.2) is 48.1 Å². The number of imidazole rings is 1. The number of anilines is 1. The Morgan fingerprint density at radius 3 is 2.89 bits per heavy atom. The number of urea groups is 1. The summed E-state index contributed by atoms with van der Waals surface area (Å²) < 4.78 is 20.3. The van der Waals surface area contributed by atoms with E-state index in [1.54, 1.807) is 0 Å². The minimum absolute atomic E-state index is 0.106. The number of carboxylic acid groups (broad SMARTS) is 1. The molecule has 1 aromatic carbocycles. The molecule has 0 bridgehead atoms. The standard InChI is InChI=1S/C31H33N7O7S/c1-2-3-4-7-11-32-30(42)37-26-21-27(34-14-33-26)38(15-35-21)28-25-24(43-16-44-25)23(45-28)22(39)18-10-12-36-31(18,29(40)41)19-13-46-20-9-6-5-8-17(19)20/h5-6,8-9,13-15,18,23-24,36H,2-4,7,10-12,16H2,1H3,(H,40,41)(H2,32,33,34,37,42). The van der Waals surface area contributed by atoms with E-state index in [-0.39, 0.29) is 24.3 Å². The van der Waals surface area contributed by atoms with Crippen molar-refractivity contribution in [2.45, 2.75) is 56.8 Å². The molecule has 240 valence electrons. The highest BCUT2D eigenvalue weighted by Crippen LogP contribution is 2.46. The molecule has 3 aliphatic rings. The molecule has 0 saturated carbocycles. The van der Waals surface area contributed by atoms with Crippen molar-refractivity contribution in [1.29, 1.82) is 0 Å². The van der Waals surface area contributed by atoms with E-state index in [4.69, 9.17) is 14.2 Å². The normalized spacial score (nSPS) is 23.8. The Bertz CT molecular complexity index is 1850. The maximum Gasteiger partial charge on any atom is 0.329 e. The van der Waals surface area contributed by atoms with Crippen LogP contribution in [0.2, 0.25) is 0 Å². The molecular formula is C31H33N7O7S. The lowest BCUT2D eigenvalue weighted by molar-refractivity contribution is -0.152. The summed E-state index contributed by atoms with van der Waals surface area (Å²) >= 11 is 1.44. The van der Waals surface area contributed by atoms with Gasteiger partial charge in [0.05, 0.1) is 5.92 Å². The van der Waals surface area contributed by atoms with Crippen LogP contribution in [0.4, 0.5) is 10.6 Å². The van der Waals surface area contributed by atoms with Gasteiger partial charge in [-0.25, -0.2) is 29.1 Å². The summed E-state index contributed by atoms with van der Waals surface area (Å²) in [6.07, 6.45) is 5.10. The Morgan fingerprint density at radius 2 is 2.04 bits per heavy atom. The Kier molecular flexibility index (Phi) is 8.04. The Hall–Kier alpha value is -4.60. The number of ketones is 1. The summed E-state index contributed by atoms with van der Waals surface area (Å²) in [5.74, 6) is -1.86. The van der Waals surface area contributed by atoms with Crippen molar-refractivity contribution in [2.75, 3.05) is 25.2 Å². The van der Waals surface area contributed by atoms with Gasteiger partial charge in [-0.1, -0.05) is 44.4 Å². The largest absolute Gasteiger partial charge is 0.480 e. The Morgan fingerprint density at radius 1 is 1.17 bits per heavy atom. The van der Waals surface area contributed by atoms with Gasteiger partial charge in [0.25, 0.3) is 0 Å². The number of thiophene rings is 1. The Balaban J connectivity index is 1.15. The number of hydrogen-bond acceptors (Lipinski definition) is 11. The summed E-state index contributed by atoms with van der Waals surface area (Å²) in [6.45, 7) is 2.89. The lowest BCUT2D eigenvalue weighted by atomic mass is 9.75. The third kappa shape index (κ3) is 4.94.